The van der Waals surface area contributed by atoms with Crippen LogP contribution < -0.4 is 0 Å². The van der Waals surface area contributed by atoms with E-state index in [0.29, 0.717) is 0 Å². The van der Waals surface area contributed by atoms with Crippen molar-refractivity contribution in [2.24, 2.45) is 0 Å². The predicted octanol–water partition coefficient (Wildman–Crippen LogP) is 5.27. The predicted molar refractivity (Wildman–Crippen MR) is 84.8 cm³/mol. The van der Waals surface area contributed by atoms with Gasteiger partial charge in [-0.05, 0) is 61.7 Å². The minimum absolute atomic E-state index is 0.449. The summed E-state index contributed by atoms with van der Waals surface area (Å²) < 4.78 is 0.955. The molecule has 2 aromatic carbocycles. The van der Waals surface area contributed by atoms with Gasteiger partial charge in [0.15, 0.2) is 0 Å². The van der Waals surface area contributed by atoms with Crippen LogP contribution in [0.5, 0.6) is 0 Å². The second kappa shape index (κ2) is 6.12. The lowest BCUT2D eigenvalue weighted by Gasteiger charge is -2.10. The van der Waals surface area contributed by atoms with Gasteiger partial charge in [-0.15, -0.1) is 0 Å². The average molecular weight is 337 g/mol. The van der Waals surface area contributed by atoms with E-state index in [9.17, 15) is 5.11 Å². The van der Waals surface area contributed by atoms with Gasteiger partial charge < -0.3 is 5.11 Å². The number of aryl methyl sites for hydroxylation is 2. The molecular weight excluding hydrogens is 320 g/mol. The highest BCUT2D eigenvalue weighted by molar-refractivity contribution is 9.10. The van der Waals surface area contributed by atoms with Crippen molar-refractivity contribution < 1.29 is 5.11 Å². The van der Waals surface area contributed by atoms with Crippen molar-refractivity contribution in [3.05, 3.63) is 57.6 Å². The fraction of sp³-hybridized carbons (Fsp3) is 0.250. The van der Waals surface area contributed by atoms with Crippen LogP contribution in [-0.4, -0.2) is 5.11 Å². The van der Waals surface area contributed by atoms with E-state index in [4.69, 9.17) is 0 Å². The van der Waals surface area contributed by atoms with Crippen LogP contribution in [-0.2, 0) is 0 Å². The molecule has 1 nitrogen and oxygen atoms in total. The smallest absolute Gasteiger partial charge is 0.0772 e. The molecule has 0 spiro atoms. The Kier molecular flexibility index (Phi) is 4.71. The molecule has 100 valence electrons. The van der Waals surface area contributed by atoms with Gasteiger partial charge in [-0.2, -0.15) is 0 Å². The van der Waals surface area contributed by atoms with Crippen molar-refractivity contribution in [3.63, 3.8) is 0 Å². The average Bonchev–Trinajstić information content (AvgIpc) is 2.33. The number of aliphatic hydroxyl groups excluding tert-OH is 1. The standard InChI is InChI=1S/C16H17BrOS/c1-10-4-5-13(8-11(10)2)19-14-6-7-15(12(3)18)16(17)9-14/h4-9,12,18H,1-3H3. The highest BCUT2D eigenvalue weighted by Crippen LogP contribution is 2.33. The summed E-state index contributed by atoms with van der Waals surface area (Å²) in [5, 5.41) is 9.62. The van der Waals surface area contributed by atoms with Gasteiger partial charge in [0.1, 0.15) is 0 Å². The van der Waals surface area contributed by atoms with Crippen LogP contribution in [0.15, 0.2) is 50.7 Å². The van der Waals surface area contributed by atoms with Gasteiger partial charge in [-0.25, -0.2) is 0 Å². The van der Waals surface area contributed by atoms with E-state index >= 15 is 0 Å². The fourth-order valence-corrected chi connectivity index (χ4v) is 3.64. The molecule has 3 heteroatoms. The normalized spacial score (nSPS) is 12.5. The van der Waals surface area contributed by atoms with Crippen LogP contribution in [0, 0.1) is 13.8 Å². The van der Waals surface area contributed by atoms with Crippen molar-refractivity contribution in [3.8, 4) is 0 Å². The summed E-state index contributed by atoms with van der Waals surface area (Å²) in [6, 6.07) is 12.6. The Labute approximate surface area is 127 Å². The van der Waals surface area contributed by atoms with Crippen LogP contribution >= 0.6 is 27.7 Å². The van der Waals surface area contributed by atoms with E-state index in [1.807, 2.05) is 12.1 Å². The van der Waals surface area contributed by atoms with Gasteiger partial charge in [-0.3, -0.25) is 0 Å². The van der Waals surface area contributed by atoms with Crippen molar-refractivity contribution >= 4 is 27.7 Å². The van der Waals surface area contributed by atoms with Gasteiger partial charge in [-0.1, -0.05) is 39.8 Å². The van der Waals surface area contributed by atoms with E-state index in [1.54, 1.807) is 18.7 Å². The van der Waals surface area contributed by atoms with Gasteiger partial charge in [0.2, 0.25) is 0 Å². The maximum absolute atomic E-state index is 9.62. The van der Waals surface area contributed by atoms with Gasteiger partial charge in [0.25, 0.3) is 0 Å². The number of aliphatic hydroxyl groups is 1. The second-order valence-electron chi connectivity index (χ2n) is 4.71. The zero-order valence-corrected chi connectivity index (χ0v) is 13.7. The summed E-state index contributed by atoms with van der Waals surface area (Å²) in [4.78, 5) is 2.40. The Bertz CT molecular complexity index is 593. The number of hydrogen-bond donors (Lipinski definition) is 1. The van der Waals surface area contributed by atoms with Crippen molar-refractivity contribution in [2.75, 3.05) is 0 Å². The minimum Gasteiger partial charge on any atom is -0.389 e. The SMILES string of the molecule is Cc1ccc(Sc2ccc(C(C)O)c(Br)c2)cc1C. The maximum atomic E-state index is 9.62. The lowest BCUT2D eigenvalue weighted by molar-refractivity contribution is 0.198. The lowest BCUT2D eigenvalue weighted by Crippen LogP contribution is -1.92. The zero-order valence-electron chi connectivity index (χ0n) is 11.3. The van der Waals surface area contributed by atoms with Crippen molar-refractivity contribution in [1.82, 2.24) is 0 Å². The Morgan fingerprint density at radius 2 is 1.63 bits per heavy atom. The lowest BCUT2D eigenvalue weighted by atomic mass is 10.1. The summed E-state index contributed by atoms with van der Waals surface area (Å²) >= 11 is 5.25. The van der Waals surface area contributed by atoms with Gasteiger partial charge in [0.05, 0.1) is 6.10 Å². The quantitative estimate of drug-likeness (QED) is 0.823. The Balaban J connectivity index is 2.24. The summed E-state index contributed by atoms with van der Waals surface area (Å²) in [5.74, 6) is 0. The van der Waals surface area contributed by atoms with Crippen molar-refractivity contribution in [1.29, 1.82) is 0 Å². The molecule has 2 rings (SSSR count). The fourth-order valence-electron chi connectivity index (χ4n) is 1.82. The number of halogens is 1. The Morgan fingerprint density at radius 1 is 1.00 bits per heavy atom. The molecule has 1 N–H and O–H groups in total. The molecule has 19 heavy (non-hydrogen) atoms. The first-order valence-corrected chi connectivity index (χ1v) is 7.81. The second-order valence-corrected chi connectivity index (χ2v) is 6.71. The third kappa shape index (κ3) is 3.62. The van der Waals surface area contributed by atoms with E-state index in [0.717, 1.165) is 10.0 Å². The van der Waals surface area contributed by atoms with Crippen LogP contribution in [0.2, 0.25) is 0 Å². The van der Waals surface area contributed by atoms with Gasteiger partial charge >= 0.3 is 0 Å². The van der Waals surface area contributed by atoms with Crippen LogP contribution in [0.1, 0.15) is 29.7 Å². The molecule has 1 atom stereocenters. The summed E-state index contributed by atoms with van der Waals surface area (Å²) in [7, 11) is 0. The summed E-state index contributed by atoms with van der Waals surface area (Å²) in [5.41, 5.74) is 3.55. The molecule has 0 aromatic heterocycles. The largest absolute Gasteiger partial charge is 0.389 e. The Morgan fingerprint density at radius 3 is 2.21 bits per heavy atom. The molecule has 2 aromatic rings. The molecule has 0 heterocycles. The van der Waals surface area contributed by atoms with Crippen molar-refractivity contribution in [2.45, 2.75) is 36.7 Å². The number of rotatable bonds is 3. The number of hydrogen-bond acceptors (Lipinski definition) is 2. The van der Waals surface area contributed by atoms with Crippen LogP contribution in [0.25, 0.3) is 0 Å². The molecule has 0 aliphatic carbocycles. The third-order valence-electron chi connectivity index (χ3n) is 3.14. The molecule has 0 aliphatic rings. The molecule has 0 fully saturated rings. The van der Waals surface area contributed by atoms with E-state index in [-0.39, 0.29) is 0 Å². The minimum atomic E-state index is -0.449. The van der Waals surface area contributed by atoms with E-state index in [1.165, 1.54) is 20.9 Å². The first kappa shape index (κ1) is 14.6. The van der Waals surface area contributed by atoms with Crippen LogP contribution in [0.4, 0.5) is 0 Å². The summed E-state index contributed by atoms with van der Waals surface area (Å²) in [6.07, 6.45) is -0.449. The molecule has 0 amide bonds. The Hall–Kier alpha value is -0.770. The maximum Gasteiger partial charge on any atom is 0.0772 e. The molecule has 0 aliphatic heterocycles. The van der Waals surface area contributed by atoms with E-state index in [2.05, 4.69) is 54.0 Å². The first-order valence-electron chi connectivity index (χ1n) is 6.20. The monoisotopic (exact) mass is 336 g/mol. The van der Waals surface area contributed by atoms with E-state index < -0.39 is 6.10 Å². The molecule has 0 saturated carbocycles. The molecule has 0 radical (unpaired) electrons. The first-order chi connectivity index (χ1) is 8.97. The number of benzene rings is 2. The van der Waals surface area contributed by atoms with Gasteiger partial charge in [0, 0.05) is 14.3 Å². The third-order valence-corrected chi connectivity index (χ3v) is 4.80. The molecular formula is C16H17BrOS. The highest BCUT2D eigenvalue weighted by Gasteiger charge is 2.07. The van der Waals surface area contributed by atoms with Crippen LogP contribution in [0.3, 0.4) is 0 Å². The molecule has 0 saturated heterocycles. The molecule has 0 bridgehead atoms. The highest BCUT2D eigenvalue weighted by atomic mass is 79.9. The topological polar surface area (TPSA) is 20.2 Å². The zero-order chi connectivity index (χ0) is 14.0. The molecule has 1 unspecified atom stereocenters. The summed E-state index contributed by atoms with van der Waals surface area (Å²) in [6.45, 7) is 6.03.